The highest BCUT2D eigenvalue weighted by molar-refractivity contribution is 6.02. The van der Waals surface area contributed by atoms with Crippen LogP contribution in [0.15, 0.2) is 60.7 Å². The van der Waals surface area contributed by atoms with Gasteiger partial charge in [-0.05, 0) is 33.0 Å². The Bertz CT molecular complexity index is 723. The normalized spacial score (nSPS) is 12.5. The van der Waals surface area contributed by atoms with E-state index < -0.39 is 0 Å². The van der Waals surface area contributed by atoms with Crippen LogP contribution in [0.5, 0.6) is 0 Å². The molecule has 0 bridgehead atoms. The highest BCUT2D eigenvalue weighted by Gasteiger charge is 2.19. The summed E-state index contributed by atoms with van der Waals surface area (Å²) >= 11 is 0. The first-order valence-corrected chi connectivity index (χ1v) is 5.89. The molecule has 79 valence electrons. The van der Waals surface area contributed by atoms with Crippen molar-refractivity contribution in [2.45, 2.75) is 0 Å². The monoisotopic (exact) mass is 215 g/mol. The van der Waals surface area contributed by atoms with E-state index in [1.807, 2.05) is 0 Å². The molecule has 17 heavy (non-hydrogen) atoms. The second kappa shape index (κ2) is 3.21. The van der Waals surface area contributed by atoms with Crippen molar-refractivity contribution in [1.29, 1.82) is 0 Å². The van der Waals surface area contributed by atoms with E-state index in [0.29, 0.717) is 0 Å². The third kappa shape index (κ3) is 1.18. The van der Waals surface area contributed by atoms with Crippen LogP contribution in [-0.2, 0) is 0 Å². The minimum Gasteiger partial charge on any atom is -0.0619 e. The molecular weight excluding hydrogens is 204 g/mol. The van der Waals surface area contributed by atoms with Gasteiger partial charge in [0.15, 0.2) is 0 Å². The molecule has 0 heterocycles. The second-order valence-electron chi connectivity index (χ2n) is 4.48. The van der Waals surface area contributed by atoms with Crippen LogP contribution in [0.3, 0.4) is 0 Å². The molecule has 3 aromatic carbocycles. The van der Waals surface area contributed by atoms with Gasteiger partial charge in [-0.15, -0.1) is 0 Å². The number of rotatable bonds is 0. The first-order valence-electron chi connectivity index (χ1n) is 5.89. The van der Waals surface area contributed by atoms with Crippen molar-refractivity contribution in [2.75, 3.05) is 0 Å². The molecule has 1 aliphatic rings. The Morgan fingerprint density at radius 3 is 2.41 bits per heavy atom. The van der Waals surface area contributed by atoms with Crippen molar-refractivity contribution in [3.05, 3.63) is 78.2 Å². The summed E-state index contributed by atoms with van der Waals surface area (Å²) in [6, 6.07) is 21.6. The molecule has 0 heteroatoms. The van der Waals surface area contributed by atoms with Gasteiger partial charge < -0.3 is 0 Å². The quantitative estimate of drug-likeness (QED) is 0.407. The summed E-state index contributed by atoms with van der Waals surface area (Å²) in [5.74, 6) is 0. The number of hydrogen-bond acceptors (Lipinski definition) is 0. The Morgan fingerprint density at radius 2 is 1.41 bits per heavy atom. The van der Waals surface area contributed by atoms with Gasteiger partial charge in [-0.3, -0.25) is 0 Å². The van der Waals surface area contributed by atoms with Crippen molar-refractivity contribution in [1.82, 2.24) is 0 Å². The van der Waals surface area contributed by atoms with Crippen molar-refractivity contribution in [2.24, 2.45) is 0 Å². The van der Waals surface area contributed by atoms with Crippen LogP contribution in [-0.4, -0.2) is 0 Å². The Kier molecular flexibility index (Phi) is 1.70. The number of fused-ring (bicyclic) bond motifs is 5. The van der Waals surface area contributed by atoms with E-state index in [-0.39, 0.29) is 0 Å². The first kappa shape index (κ1) is 9.00. The molecule has 0 spiro atoms. The van der Waals surface area contributed by atoms with Gasteiger partial charge in [-0.1, -0.05) is 60.7 Å². The van der Waals surface area contributed by atoms with Gasteiger partial charge in [0.05, 0.1) is 0 Å². The summed E-state index contributed by atoms with van der Waals surface area (Å²) in [7, 11) is 0. The lowest BCUT2D eigenvalue weighted by Gasteiger charge is -2.06. The molecule has 3 aromatic rings. The van der Waals surface area contributed by atoms with Crippen LogP contribution in [0.4, 0.5) is 0 Å². The van der Waals surface area contributed by atoms with Crippen LogP contribution in [0.1, 0.15) is 11.1 Å². The maximum atomic E-state index is 2.27. The molecule has 0 fully saturated rings. The maximum Gasteiger partial charge on any atom is 0.0212 e. The van der Waals surface area contributed by atoms with Crippen molar-refractivity contribution in [3.63, 3.8) is 0 Å². The van der Waals surface area contributed by atoms with Gasteiger partial charge in [0.25, 0.3) is 0 Å². The molecule has 0 N–H and O–H groups in total. The Morgan fingerprint density at radius 1 is 0.588 bits per heavy atom. The van der Waals surface area contributed by atoms with Gasteiger partial charge in [-0.2, -0.15) is 0 Å². The molecule has 0 amide bonds. The van der Waals surface area contributed by atoms with Gasteiger partial charge in [0, 0.05) is 6.42 Å². The molecule has 4 rings (SSSR count). The van der Waals surface area contributed by atoms with E-state index in [1.165, 1.54) is 33.0 Å². The highest BCUT2D eigenvalue weighted by Crippen LogP contribution is 2.41. The summed E-state index contributed by atoms with van der Waals surface area (Å²) < 4.78 is 0. The van der Waals surface area contributed by atoms with Gasteiger partial charge in [0.2, 0.25) is 0 Å². The van der Waals surface area contributed by atoms with E-state index in [4.69, 9.17) is 0 Å². The fourth-order valence-corrected chi connectivity index (χ4v) is 2.73. The maximum absolute atomic E-state index is 2.27. The minimum atomic E-state index is 1.32. The van der Waals surface area contributed by atoms with Crippen LogP contribution in [0.2, 0.25) is 0 Å². The second-order valence-corrected chi connectivity index (χ2v) is 4.48. The van der Waals surface area contributed by atoms with Gasteiger partial charge in [0.1, 0.15) is 0 Å². The molecule has 0 saturated carbocycles. The van der Waals surface area contributed by atoms with Crippen LogP contribution >= 0.6 is 0 Å². The standard InChI is InChI=1S/C17H11/c1-3-7-15-12(5-1)9-10-14-11-13-6-2-4-8-16(13)17(14)15/h1-11H. The van der Waals surface area contributed by atoms with Gasteiger partial charge in [-0.25, -0.2) is 0 Å². The summed E-state index contributed by atoms with van der Waals surface area (Å²) in [5.41, 5.74) is 5.42. The molecule has 0 aliphatic heterocycles. The van der Waals surface area contributed by atoms with Crippen molar-refractivity contribution >= 4 is 10.8 Å². The fraction of sp³-hybridized carbons (Fsp3) is 0. The summed E-state index contributed by atoms with van der Waals surface area (Å²) in [5, 5.41) is 2.67. The zero-order valence-electron chi connectivity index (χ0n) is 9.35. The molecule has 1 aliphatic carbocycles. The molecule has 0 nitrogen and oxygen atoms in total. The molecule has 0 aromatic heterocycles. The van der Waals surface area contributed by atoms with Crippen molar-refractivity contribution < 1.29 is 0 Å². The molecule has 0 atom stereocenters. The molecule has 1 radical (unpaired) electrons. The molecule has 0 saturated heterocycles. The van der Waals surface area contributed by atoms with E-state index in [1.54, 1.807) is 0 Å². The highest BCUT2D eigenvalue weighted by atomic mass is 14.2. The Labute approximate surface area is 101 Å². The van der Waals surface area contributed by atoms with Crippen LogP contribution < -0.4 is 0 Å². The minimum absolute atomic E-state index is 1.32. The Balaban J connectivity index is 2.17. The molecule has 0 unspecified atom stereocenters. The predicted molar refractivity (Wildman–Crippen MR) is 71.9 cm³/mol. The lowest BCUT2D eigenvalue weighted by Crippen LogP contribution is -1.81. The largest absolute Gasteiger partial charge is 0.0619 e. The van der Waals surface area contributed by atoms with Crippen LogP contribution in [0.25, 0.3) is 21.9 Å². The summed E-state index contributed by atoms with van der Waals surface area (Å²) in [6.45, 7) is 0. The van der Waals surface area contributed by atoms with Gasteiger partial charge >= 0.3 is 0 Å². The lowest BCUT2D eigenvalue weighted by molar-refractivity contribution is 1.55. The van der Waals surface area contributed by atoms with E-state index >= 15 is 0 Å². The third-order valence-corrected chi connectivity index (χ3v) is 3.50. The lowest BCUT2D eigenvalue weighted by atomic mass is 9.98. The first-order chi connectivity index (χ1) is 8.43. The van der Waals surface area contributed by atoms with Crippen molar-refractivity contribution in [3.8, 4) is 11.1 Å². The average molecular weight is 215 g/mol. The average Bonchev–Trinajstić information content (AvgIpc) is 2.77. The van der Waals surface area contributed by atoms with E-state index in [0.717, 1.165) is 0 Å². The zero-order valence-corrected chi connectivity index (χ0v) is 9.35. The Hall–Kier alpha value is -2.08. The fourth-order valence-electron chi connectivity index (χ4n) is 2.73. The SMILES string of the molecule is [CH]1c2ccccc2-c2c1ccc1ccccc21. The number of hydrogen-bond donors (Lipinski definition) is 0. The van der Waals surface area contributed by atoms with E-state index in [2.05, 4.69) is 67.1 Å². The third-order valence-electron chi connectivity index (χ3n) is 3.50. The summed E-state index contributed by atoms with van der Waals surface area (Å²) in [6.07, 6.45) is 2.27. The smallest absolute Gasteiger partial charge is 0.0212 e. The number of benzene rings is 3. The van der Waals surface area contributed by atoms with Crippen LogP contribution in [0, 0.1) is 6.42 Å². The zero-order chi connectivity index (χ0) is 11.2. The topological polar surface area (TPSA) is 0 Å². The predicted octanol–water partition coefficient (Wildman–Crippen LogP) is 4.42. The molecular formula is C17H11. The summed E-state index contributed by atoms with van der Waals surface area (Å²) in [4.78, 5) is 0. The van der Waals surface area contributed by atoms with E-state index in [9.17, 15) is 0 Å².